The van der Waals surface area contributed by atoms with Gasteiger partial charge in [-0.1, -0.05) is 37.3 Å². The second-order valence-electron chi connectivity index (χ2n) is 7.70. The van der Waals surface area contributed by atoms with E-state index in [4.69, 9.17) is 10.2 Å². The molecule has 160 valence electrons. The SMILES string of the molecule is CC1c2ccccc2CC(CCN(C)C)c2ccc(F)cc21.O=C(O)C=CC(=O)O. The van der Waals surface area contributed by atoms with Crippen molar-refractivity contribution in [2.24, 2.45) is 0 Å². The molecule has 30 heavy (non-hydrogen) atoms. The van der Waals surface area contributed by atoms with Crippen molar-refractivity contribution in [1.82, 2.24) is 4.90 Å². The molecule has 1 aliphatic carbocycles. The summed E-state index contributed by atoms with van der Waals surface area (Å²) < 4.78 is 13.8. The maximum absolute atomic E-state index is 13.8. The lowest BCUT2D eigenvalue weighted by Crippen LogP contribution is -2.17. The van der Waals surface area contributed by atoms with Crippen LogP contribution in [0.5, 0.6) is 0 Å². The molecular formula is C24H28FNO4. The molecule has 6 heteroatoms. The molecule has 2 atom stereocenters. The molecule has 0 amide bonds. The van der Waals surface area contributed by atoms with E-state index < -0.39 is 11.9 Å². The monoisotopic (exact) mass is 413 g/mol. The fourth-order valence-corrected chi connectivity index (χ4v) is 3.79. The van der Waals surface area contributed by atoms with E-state index in [-0.39, 0.29) is 11.7 Å². The van der Waals surface area contributed by atoms with Crippen molar-refractivity contribution in [2.75, 3.05) is 20.6 Å². The smallest absolute Gasteiger partial charge is 0.328 e. The van der Waals surface area contributed by atoms with Gasteiger partial charge in [0.25, 0.3) is 0 Å². The fourth-order valence-electron chi connectivity index (χ4n) is 3.79. The molecule has 0 saturated heterocycles. The van der Waals surface area contributed by atoms with Crippen LogP contribution in [0, 0.1) is 5.82 Å². The maximum atomic E-state index is 13.8. The molecule has 5 nitrogen and oxygen atoms in total. The number of hydrogen-bond donors (Lipinski definition) is 2. The van der Waals surface area contributed by atoms with E-state index in [9.17, 15) is 14.0 Å². The number of carbonyl (C=O) groups is 2. The number of hydrogen-bond acceptors (Lipinski definition) is 3. The van der Waals surface area contributed by atoms with Gasteiger partial charge >= 0.3 is 11.9 Å². The third kappa shape index (κ3) is 6.52. The predicted molar refractivity (Wildman–Crippen MR) is 114 cm³/mol. The quantitative estimate of drug-likeness (QED) is 0.716. The average molecular weight is 413 g/mol. The summed E-state index contributed by atoms with van der Waals surface area (Å²) in [6, 6.07) is 14.0. The Bertz CT molecular complexity index is 907. The molecule has 0 spiro atoms. The number of rotatable bonds is 5. The number of aliphatic carboxylic acids is 2. The summed E-state index contributed by atoms with van der Waals surface area (Å²) >= 11 is 0. The molecule has 0 fully saturated rings. The normalized spacial score (nSPS) is 17.5. The van der Waals surface area contributed by atoms with Crippen LogP contribution in [0.1, 0.15) is 47.4 Å². The summed E-state index contributed by atoms with van der Waals surface area (Å²) in [4.78, 5) is 21.3. The number of benzene rings is 2. The summed E-state index contributed by atoms with van der Waals surface area (Å²) in [6.45, 7) is 3.25. The Morgan fingerprint density at radius 2 is 1.67 bits per heavy atom. The van der Waals surface area contributed by atoms with Crippen molar-refractivity contribution < 1.29 is 24.2 Å². The van der Waals surface area contributed by atoms with E-state index in [0.717, 1.165) is 24.9 Å². The molecule has 2 aromatic carbocycles. The Labute approximate surface area is 176 Å². The Hall–Kier alpha value is -2.99. The van der Waals surface area contributed by atoms with Crippen molar-refractivity contribution in [1.29, 1.82) is 0 Å². The number of fused-ring (bicyclic) bond motifs is 2. The lowest BCUT2D eigenvalue weighted by Gasteiger charge is -2.21. The zero-order valence-electron chi connectivity index (χ0n) is 17.5. The van der Waals surface area contributed by atoms with Gasteiger partial charge in [0.1, 0.15) is 5.82 Å². The number of nitrogens with zero attached hydrogens (tertiary/aromatic N) is 1. The van der Waals surface area contributed by atoms with Crippen molar-refractivity contribution >= 4 is 11.9 Å². The van der Waals surface area contributed by atoms with E-state index in [1.165, 1.54) is 16.7 Å². The van der Waals surface area contributed by atoms with Gasteiger partial charge in [0.15, 0.2) is 0 Å². The van der Waals surface area contributed by atoms with Gasteiger partial charge in [-0.25, -0.2) is 14.0 Å². The van der Waals surface area contributed by atoms with Crippen molar-refractivity contribution in [3.8, 4) is 0 Å². The third-order valence-electron chi connectivity index (χ3n) is 5.24. The molecule has 0 aromatic heterocycles. The van der Waals surface area contributed by atoms with Gasteiger partial charge in [0.05, 0.1) is 0 Å². The van der Waals surface area contributed by atoms with Gasteiger partial charge in [-0.05, 0) is 73.8 Å². The highest BCUT2D eigenvalue weighted by atomic mass is 19.1. The van der Waals surface area contributed by atoms with Crippen LogP contribution in [0.3, 0.4) is 0 Å². The molecular weight excluding hydrogens is 385 g/mol. The first-order chi connectivity index (χ1) is 14.2. The van der Waals surface area contributed by atoms with E-state index in [2.05, 4.69) is 50.2 Å². The van der Waals surface area contributed by atoms with Crippen LogP contribution in [0.15, 0.2) is 54.6 Å². The molecule has 0 saturated carbocycles. The van der Waals surface area contributed by atoms with Gasteiger partial charge < -0.3 is 15.1 Å². The van der Waals surface area contributed by atoms with Crippen molar-refractivity contribution in [3.63, 3.8) is 0 Å². The highest BCUT2D eigenvalue weighted by Crippen LogP contribution is 2.40. The van der Waals surface area contributed by atoms with Gasteiger partial charge in [-0.15, -0.1) is 0 Å². The Morgan fingerprint density at radius 3 is 2.27 bits per heavy atom. The molecule has 3 rings (SSSR count). The predicted octanol–water partition coefficient (Wildman–Crippen LogP) is 4.28. The van der Waals surface area contributed by atoms with Crippen LogP contribution >= 0.6 is 0 Å². The fraction of sp³-hybridized carbons (Fsp3) is 0.333. The lowest BCUT2D eigenvalue weighted by atomic mass is 9.86. The number of carboxylic acids is 2. The molecule has 0 aliphatic heterocycles. The number of halogens is 1. The molecule has 0 bridgehead atoms. The van der Waals surface area contributed by atoms with Gasteiger partial charge in [-0.2, -0.15) is 0 Å². The van der Waals surface area contributed by atoms with Crippen LogP contribution in [-0.4, -0.2) is 47.7 Å². The minimum Gasteiger partial charge on any atom is -0.478 e. The summed E-state index contributed by atoms with van der Waals surface area (Å²) in [6.07, 6.45) is 3.27. The lowest BCUT2D eigenvalue weighted by molar-refractivity contribution is -0.134. The van der Waals surface area contributed by atoms with Crippen molar-refractivity contribution in [2.45, 2.75) is 31.6 Å². The molecule has 2 N–H and O–H groups in total. The molecule has 1 aliphatic rings. The van der Waals surface area contributed by atoms with Gasteiger partial charge in [0, 0.05) is 18.1 Å². The molecule has 2 aromatic rings. The summed E-state index contributed by atoms with van der Waals surface area (Å²) in [5.41, 5.74) is 5.25. The molecule has 0 radical (unpaired) electrons. The van der Waals surface area contributed by atoms with Crippen molar-refractivity contribution in [3.05, 3.63) is 82.7 Å². The first-order valence-corrected chi connectivity index (χ1v) is 9.84. The second-order valence-corrected chi connectivity index (χ2v) is 7.70. The first-order valence-electron chi connectivity index (χ1n) is 9.84. The maximum Gasteiger partial charge on any atom is 0.328 e. The molecule has 2 unspecified atom stereocenters. The number of carboxylic acid groups (broad SMARTS) is 2. The topological polar surface area (TPSA) is 77.8 Å². The Balaban J connectivity index is 0.000000343. The largest absolute Gasteiger partial charge is 0.478 e. The Morgan fingerprint density at radius 1 is 1.03 bits per heavy atom. The Kier molecular flexibility index (Phi) is 8.30. The summed E-state index contributed by atoms with van der Waals surface area (Å²) in [5.74, 6) is -1.92. The van der Waals surface area contributed by atoms with Gasteiger partial charge in [0.2, 0.25) is 0 Å². The molecule has 0 heterocycles. The van der Waals surface area contributed by atoms with E-state index in [0.29, 0.717) is 18.1 Å². The third-order valence-corrected chi connectivity index (χ3v) is 5.24. The standard InChI is InChI=1S/C20H24FN.C4H4O4/c1-14-18-7-5-4-6-15(18)12-16(10-11-22(2)3)19-9-8-17(21)13-20(14)19;5-3(6)1-2-4(7)8/h4-9,13-14,16H,10-12H2,1-3H3;1-2H,(H,5,6)(H,7,8). The van der Waals surface area contributed by atoms with Gasteiger partial charge in [-0.3, -0.25) is 0 Å². The highest BCUT2D eigenvalue weighted by Gasteiger charge is 2.26. The van der Waals surface area contributed by atoms with Crippen LogP contribution in [0.4, 0.5) is 4.39 Å². The van der Waals surface area contributed by atoms with Crippen LogP contribution in [-0.2, 0) is 16.0 Å². The highest BCUT2D eigenvalue weighted by molar-refractivity contribution is 5.89. The zero-order chi connectivity index (χ0) is 22.3. The summed E-state index contributed by atoms with van der Waals surface area (Å²) in [7, 11) is 4.22. The average Bonchev–Trinajstić information content (AvgIpc) is 2.80. The van der Waals surface area contributed by atoms with Crippen LogP contribution in [0.2, 0.25) is 0 Å². The van der Waals surface area contributed by atoms with E-state index >= 15 is 0 Å². The van der Waals surface area contributed by atoms with E-state index in [1.54, 1.807) is 12.1 Å². The minimum absolute atomic E-state index is 0.128. The van der Waals surface area contributed by atoms with E-state index in [1.807, 2.05) is 6.07 Å². The first kappa shape index (κ1) is 23.3. The van der Waals surface area contributed by atoms with Crippen LogP contribution < -0.4 is 0 Å². The second kappa shape index (κ2) is 10.7. The zero-order valence-corrected chi connectivity index (χ0v) is 17.5. The minimum atomic E-state index is -1.26. The summed E-state index contributed by atoms with van der Waals surface area (Å²) in [5, 5.41) is 15.6. The van der Waals surface area contributed by atoms with Crippen LogP contribution in [0.25, 0.3) is 0 Å².